The maximum absolute atomic E-state index is 13.1. The number of hydrogen-bond acceptors (Lipinski definition) is 4. The molecule has 0 saturated heterocycles. The van der Waals surface area contributed by atoms with Gasteiger partial charge in [-0.15, -0.1) is 0 Å². The summed E-state index contributed by atoms with van der Waals surface area (Å²) in [4.78, 5) is 38.0. The van der Waals surface area contributed by atoms with Crippen LogP contribution in [0, 0.1) is 10.1 Å². The summed E-state index contributed by atoms with van der Waals surface area (Å²) in [6, 6.07) is 5.24. The van der Waals surface area contributed by atoms with Crippen molar-refractivity contribution in [2.75, 3.05) is 0 Å². The highest BCUT2D eigenvalue weighted by Crippen LogP contribution is 2.26. The molecule has 146 valence electrons. The number of imide groups is 1. The fourth-order valence-corrected chi connectivity index (χ4v) is 4.15. The third kappa shape index (κ3) is 4.84. The lowest BCUT2D eigenvalue weighted by molar-refractivity contribution is -0.384. The molecule has 0 aliphatic heterocycles. The molecule has 0 aromatic heterocycles. The maximum Gasteiger partial charge on any atom is 0.324 e. The first-order chi connectivity index (χ1) is 13.1. The van der Waals surface area contributed by atoms with Crippen molar-refractivity contribution in [2.45, 2.75) is 76.3 Å². The van der Waals surface area contributed by atoms with Crippen molar-refractivity contribution in [3.8, 4) is 0 Å². The quantitative estimate of drug-likeness (QED) is 0.625. The van der Waals surface area contributed by atoms with E-state index in [0.29, 0.717) is 0 Å². The SMILES string of the molecule is O=C(NC1CCCCC1)N(C(=O)c1cccc([N+](=O)[O-])c1)C1CCCCC1. The Bertz CT molecular complexity index is 694. The number of nitro benzene ring substituents is 1. The average Bonchev–Trinajstić information content (AvgIpc) is 2.69. The van der Waals surface area contributed by atoms with Crippen LogP contribution in [0.25, 0.3) is 0 Å². The van der Waals surface area contributed by atoms with Gasteiger partial charge in [0.1, 0.15) is 0 Å². The van der Waals surface area contributed by atoms with Gasteiger partial charge in [0.2, 0.25) is 0 Å². The molecule has 1 N–H and O–H groups in total. The van der Waals surface area contributed by atoms with Crippen LogP contribution >= 0.6 is 0 Å². The van der Waals surface area contributed by atoms with Crippen LogP contribution in [0.2, 0.25) is 0 Å². The van der Waals surface area contributed by atoms with E-state index in [0.717, 1.165) is 57.8 Å². The summed E-state index contributed by atoms with van der Waals surface area (Å²) in [6.45, 7) is 0. The Balaban J connectivity index is 1.82. The Kier molecular flexibility index (Phi) is 6.42. The van der Waals surface area contributed by atoms with Gasteiger partial charge in [0.05, 0.1) is 4.92 Å². The standard InChI is InChI=1S/C20H27N3O4/c24-19(15-8-7-13-18(14-15)23(26)27)22(17-11-5-2-6-12-17)20(25)21-16-9-3-1-4-10-16/h7-8,13-14,16-17H,1-6,9-12H2,(H,21,25). The first-order valence-corrected chi connectivity index (χ1v) is 9.95. The Hall–Kier alpha value is -2.44. The fourth-order valence-electron chi connectivity index (χ4n) is 4.15. The normalized spacial score (nSPS) is 18.7. The summed E-state index contributed by atoms with van der Waals surface area (Å²) in [5, 5.41) is 14.1. The zero-order chi connectivity index (χ0) is 19.2. The van der Waals surface area contributed by atoms with Gasteiger partial charge >= 0.3 is 6.03 Å². The molecular formula is C20H27N3O4. The van der Waals surface area contributed by atoms with Crippen LogP contribution in [0.4, 0.5) is 10.5 Å². The number of hydrogen-bond donors (Lipinski definition) is 1. The molecule has 27 heavy (non-hydrogen) atoms. The van der Waals surface area contributed by atoms with Crippen molar-refractivity contribution in [1.29, 1.82) is 0 Å². The van der Waals surface area contributed by atoms with E-state index in [4.69, 9.17) is 0 Å². The van der Waals surface area contributed by atoms with Crippen LogP contribution in [0.3, 0.4) is 0 Å². The van der Waals surface area contributed by atoms with Gasteiger partial charge in [-0.1, -0.05) is 44.6 Å². The average molecular weight is 373 g/mol. The van der Waals surface area contributed by atoms with E-state index in [1.165, 1.54) is 29.5 Å². The highest BCUT2D eigenvalue weighted by Gasteiger charge is 2.33. The molecule has 2 saturated carbocycles. The largest absolute Gasteiger partial charge is 0.335 e. The molecule has 0 unspecified atom stereocenters. The lowest BCUT2D eigenvalue weighted by Gasteiger charge is -2.34. The van der Waals surface area contributed by atoms with E-state index in [9.17, 15) is 19.7 Å². The summed E-state index contributed by atoms with van der Waals surface area (Å²) in [5.74, 6) is -0.445. The van der Waals surface area contributed by atoms with Crippen molar-refractivity contribution in [3.05, 3.63) is 39.9 Å². The Labute approximate surface area is 159 Å². The first-order valence-electron chi connectivity index (χ1n) is 9.95. The van der Waals surface area contributed by atoms with Crippen molar-refractivity contribution in [1.82, 2.24) is 10.2 Å². The van der Waals surface area contributed by atoms with Gasteiger partial charge in [-0.25, -0.2) is 4.79 Å². The summed E-state index contributed by atoms with van der Waals surface area (Å²) in [7, 11) is 0. The molecule has 2 aliphatic carbocycles. The van der Waals surface area contributed by atoms with Gasteiger partial charge in [0, 0.05) is 29.8 Å². The predicted molar refractivity (Wildman–Crippen MR) is 102 cm³/mol. The number of rotatable bonds is 4. The van der Waals surface area contributed by atoms with E-state index < -0.39 is 10.8 Å². The van der Waals surface area contributed by atoms with Gasteiger partial charge in [-0.2, -0.15) is 0 Å². The maximum atomic E-state index is 13.1. The molecule has 7 nitrogen and oxygen atoms in total. The topological polar surface area (TPSA) is 92.6 Å². The Morgan fingerprint density at radius 2 is 1.63 bits per heavy atom. The minimum absolute atomic E-state index is 0.107. The molecule has 1 aromatic carbocycles. The number of urea groups is 1. The van der Waals surface area contributed by atoms with E-state index >= 15 is 0 Å². The summed E-state index contributed by atoms with van der Waals surface area (Å²) in [5.41, 5.74) is 0.0469. The number of carbonyl (C=O) groups is 2. The number of nitrogens with zero attached hydrogens (tertiary/aromatic N) is 2. The lowest BCUT2D eigenvalue weighted by atomic mass is 9.93. The van der Waals surface area contributed by atoms with Crippen LogP contribution in [0.5, 0.6) is 0 Å². The second-order valence-corrected chi connectivity index (χ2v) is 7.56. The van der Waals surface area contributed by atoms with Crippen molar-refractivity contribution >= 4 is 17.6 Å². The van der Waals surface area contributed by atoms with Crippen LogP contribution in [-0.4, -0.2) is 33.8 Å². The zero-order valence-corrected chi connectivity index (χ0v) is 15.6. The van der Waals surface area contributed by atoms with Crippen LogP contribution in [0.1, 0.15) is 74.6 Å². The van der Waals surface area contributed by atoms with Crippen LogP contribution in [-0.2, 0) is 0 Å². The fraction of sp³-hybridized carbons (Fsp3) is 0.600. The number of non-ortho nitro benzene ring substituents is 1. The number of carbonyl (C=O) groups excluding carboxylic acids is 2. The molecule has 3 amide bonds. The van der Waals surface area contributed by atoms with E-state index in [1.54, 1.807) is 6.07 Å². The van der Waals surface area contributed by atoms with Crippen molar-refractivity contribution in [3.63, 3.8) is 0 Å². The molecule has 7 heteroatoms. The Morgan fingerprint density at radius 1 is 1.00 bits per heavy atom. The summed E-state index contributed by atoms with van der Waals surface area (Å²) in [6.07, 6.45) is 9.91. The Morgan fingerprint density at radius 3 is 2.26 bits per heavy atom. The molecule has 0 atom stereocenters. The highest BCUT2D eigenvalue weighted by molar-refractivity contribution is 6.05. The molecule has 0 radical (unpaired) electrons. The van der Waals surface area contributed by atoms with Crippen molar-refractivity contribution < 1.29 is 14.5 Å². The monoisotopic (exact) mass is 373 g/mol. The summed E-state index contributed by atoms with van der Waals surface area (Å²) >= 11 is 0. The van der Waals surface area contributed by atoms with E-state index in [2.05, 4.69) is 5.32 Å². The molecule has 1 aromatic rings. The van der Waals surface area contributed by atoms with Gasteiger partial charge in [0.15, 0.2) is 0 Å². The van der Waals surface area contributed by atoms with Crippen molar-refractivity contribution in [2.24, 2.45) is 0 Å². The number of nitro groups is 1. The zero-order valence-electron chi connectivity index (χ0n) is 15.6. The van der Waals surface area contributed by atoms with Gasteiger partial charge in [-0.05, 0) is 31.7 Å². The molecule has 2 fully saturated rings. The minimum Gasteiger partial charge on any atom is -0.335 e. The number of amides is 3. The number of benzene rings is 1. The molecule has 3 rings (SSSR count). The number of nitrogens with one attached hydrogen (secondary N) is 1. The smallest absolute Gasteiger partial charge is 0.324 e. The predicted octanol–water partition coefficient (Wildman–Crippen LogP) is 4.41. The van der Waals surface area contributed by atoms with Crippen LogP contribution in [0.15, 0.2) is 24.3 Å². The molecular weight excluding hydrogens is 346 g/mol. The van der Waals surface area contributed by atoms with Gasteiger partial charge in [-0.3, -0.25) is 19.8 Å². The van der Waals surface area contributed by atoms with E-state index in [1.807, 2.05) is 0 Å². The molecule has 2 aliphatic rings. The molecule has 0 bridgehead atoms. The molecule has 0 heterocycles. The second kappa shape index (κ2) is 8.97. The third-order valence-corrected chi connectivity index (χ3v) is 5.61. The van der Waals surface area contributed by atoms with Gasteiger partial charge in [0.25, 0.3) is 11.6 Å². The first kappa shape index (κ1) is 19.3. The van der Waals surface area contributed by atoms with Crippen LogP contribution < -0.4 is 5.32 Å². The third-order valence-electron chi connectivity index (χ3n) is 5.61. The minimum atomic E-state index is -0.524. The lowest BCUT2D eigenvalue weighted by Crippen LogP contribution is -2.52. The molecule has 0 spiro atoms. The second-order valence-electron chi connectivity index (χ2n) is 7.56. The highest BCUT2D eigenvalue weighted by atomic mass is 16.6. The summed E-state index contributed by atoms with van der Waals surface area (Å²) < 4.78 is 0. The van der Waals surface area contributed by atoms with E-state index in [-0.39, 0.29) is 29.4 Å². The van der Waals surface area contributed by atoms with Gasteiger partial charge < -0.3 is 5.32 Å².